The van der Waals surface area contributed by atoms with Crippen LogP contribution in [-0.2, 0) is 0 Å². The molecule has 2 heterocycles. The van der Waals surface area contributed by atoms with Crippen molar-refractivity contribution >= 4 is 0 Å². The highest BCUT2D eigenvalue weighted by atomic mass is 16.3. The highest BCUT2D eigenvalue weighted by Crippen LogP contribution is 1.97. The van der Waals surface area contributed by atoms with Crippen LogP contribution in [0.4, 0.5) is 0 Å². The smallest absolute Gasteiger partial charge is 0.0634 e. The Labute approximate surface area is 129 Å². The van der Waals surface area contributed by atoms with Crippen molar-refractivity contribution in [3.05, 3.63) is 0 Å². The number of piperazine rings is 2. The Balaban J connectivity index is 0.000000312. The highest BCUT2D eigenvalue weighted by Gasteiger charge is 2.13. The van der Waals surface area contributed by atoms with Gasteiger partial charge in [-0.1, -0.05) is 0 Å². The minimum Gasteiger partial charge on any atom is -0.392 e. The summed E-state index contributed by atoms with van der Waals surface area (Å²) in [5.74, 6) is 0. The summed E-state index contributed by atoms with van der Waals surface area (Å²) in [7, 11) is 0. The number of nitrogens with one attached hydrogen (secondary N) is 3. The molecule has 0 radical (unpaired) electrons. The summed E-state index contributed by atoms with van der Waals surface area (Å²) in [4.78, 5) is 2.43. The monoisotopic (exact) mass is 304 g/mol. The maximum atomic E-state index is 8.24. The van der Waals surface area contributed by atoms with Gasteiger partial charge in [-0.05, 0) is 13.8 Å². The van der Waals surface area contributed by atoms with E-state index in [1.54, 1.807) is 6.92 Å². The molecule has 2 unspecified atom stereocenters. The molecule has 0 amide bonds. The van der Waals surface area contributed by atoms with Gasteiger partial charge in [0.15, 0.2) is 0 Å². The molecule has 128 valence electrons. The lowest BCUT2D eigenvalue weighted by molar-refractivity contribution is 0.188. The molecule has 2 saturated heterocycles. The second kappa shape index (κ2) is 14.6. The standard InChI is InChI=1S/C7H17N3.C4H10N2.C3H9NO/c1-7(6-8)10-4-2-9-3-5-10;1-2-6-4-3-5-1;1-3(5)2-4/h7,9H,2-6,8H2,1H3;5-6H,1-4H2;3,5H,2,4H2,1H3. The maximum absolute atomic E-state index is 8.24. The third kappa shape index (κ3) is 13.1. The quantitative estimate of drug-likeness (QED) is 0.349. The van der Waals surface area contributed by atoms with Crippen molar-refractivity contribution in [2.45, 2.75) is 26.0 Å². The first-order chi connectivity index (χ1) is 10.1. The fraction of sp³-hybridized carbons (Fsp3) is 1.00. The number of hydrogen-bond donors (Lipinski definition) is 6. The van der Waals surface area contributed by atoms with Gasteiger partial charge in [-0.25, -0.2) is 0 Å². The molecule has 0 aliphatic carbocycles. The summed E-state index contributed by atoms with van der Waals surface area (Å²) < 4.78 is 0. The molecule has 0 bridgehead atoms. The predicted molar refractivity (Wildman–Crippen MR) is 89.4 cm³/mol. The van der Waals surface area contributed by atoms with E-state index in [1.807, 2.05) is 0 Å². The Bertz CT molecular complexity index is 196. The largest absolute Gasteiger partial charge is 0.392 e. The molecule has 21 heavy (non-hydrogen) atoms. The number of hydrogen-bond acceptors (Lipinski definition) is 7. The number of aliphatic hydroxyl groups is 1. The molecule has 0 aromatic rings. The minimum absolute atomic E-state index is 0.338. The van der Waals surface area contributed by atoms with Crippen molar-refractivity contribution in [3.63, 3.8) is 0 Å². The van der Waals surface area contributed by atoms with E-state index in [0.29, 0.717) is 12.6 Å². The van der Waals surface area contributed by atoms with Crippen LogP contribution in [0, 0.1) is 0 Å². The average molecular weight is 304 g/mol. The molecule has 0 spiro atoms. The maximum Gasteiger partial charge on any atom is 0.0634 e. The fourth-order valence-corrected chi connectivity index (χ4v) is 1.88. The lowest BCUT2D eigenvalue weighted by atomic mass is 10.2. The normalized spacial score (nSPS) is 22.1. The van der Waals surface area contributed by atoms with Crippen molar-refractivity contribution in [1.82, 2.24) is 20.9 Å². The molecule has 2 rings (SSSR count). The number of nitrogens with two attached hydrogens (primary N) is 2. The summed E-state index contributed by atoms with van der Waals surface area (Å²) >= 11 is 0. The molecule has 7 nitrogen and oxygen atoms in total. The molecule has 2 atom stereocenters. The Hall–Kier alpha value is -0.280. The first kappa shape index (κ1) is 20.7. The van der Waals surface area contributed by atoms with Crippen LogP contribution in [0.2, 0.25) is 0 Å². The van der Waals surface area contributed by atoms with Gasteiger partial charge in [0.2, 0.25) is 0 Å². The Kier molecular flexibility index (Phi) is 14.5. The van der Waals surface area contributed by atoms with Gasteiger partial charge in [0.25, 0.3) is 0 Å². The minimum atomic E-state index is -0.338. The summed E-state index contributed by atoms with van der Waals surface area (Å²) in [6.45, 7) is 14.1. The van der Waals surface area contributed by atoms with E-state index >= 15 is 0 Å². The number of rotatable bonds is 3. The van der Waals surface area contributed by atoms with E-state index in [2.05, 4.69) is 27.8 Å². The van der Waals surface area contributed by atoms with Crippen LogP contribution in [0.5, 0.6) is 0 Å². The van der Waals surface area contributed by atoms with Gasteiger partial charge in [0.1, 0.15) is 0 Å². The summed E-state index contributed by atoms with van der Waals surface area (Å²) in [5, 5.41) is 18.0. The number of nitrogens with zero attached hydrogens (tertiary/aromatic N) is 1. The van der Waals surface area contributed by atoms with Gasteiger partial charge in [0, 0.05) is 71.5 Å². The molecule has 7 heteroatoms. The van der Waals surface area contributed by atoms with E-state index in [-0.39, 0.29) is 6.10 Å². The topological polar surface area (TPSA) is 112 Å². The third-order valence-corrected chi connectivity index (χ3v) is 3.41. The van der Waals surface area contributed by atoms with E-state index in [0.717, 1.165) is 58.9 Å². The van der Waals surface area contributed by atoms with Crippen molar-refractivity contribution in [3.8, 4) is 0 Å². The van der Waals surface area contributed by atoms with E-state index in [1.165, 1.54) is 0 Å². The van der Waals surface area contributed by atoms with Crippen LogP contribution in [-0.4, -0.2) is 87.6 Å². The highest BCUT2D eigenvalue weighted by molar-refractivity contribution is 4.73. The van der Waals surface area contributed by atoms with Crippen molar-refractivity contribution in [2.75, 3.05) is 65.4 Å². The zero-order chi connectivity index (χ0) is 15.9. The van der Waals surface area contributed by atoms with Gasteiger partial charge < -0.3 is 32.5 Å². The molecule has 0 saturated carbocycles. The van der Waals surface area contributed by atoms with Crippen molar-refractivity contribution < 1.29 is 5.11 Å². The second-order valence-electron chi connectivity index (χ2n) is 5.46. The fourth-order valence-electron chi connectivity index (χ4n) is 1.88. The van der Waals surface area contributed by atoms with Crippen LogP contribution in [0.15, 0.2) is 0 Å². The zero-order valence-electron chi connectivity index (χ0n) is 13.8. The summed E-state index contributed by atoms with van der Waals surface area (Å²) in [6, 6.07) is 0.557. The van der Waals surface area contributed by atoms with Gasteiger partial charge in [-0.15, -0.1) is 0 Å². The lowest BCUT2D eigenvalue weighted by Gasteiger charge is -2.31. The van der Waals surface area contributed by atoms with Crippen LogP contribution in [0.25, 0.3) is 0 Å². The molecular formula is C14H36N6O. The van der Waals surface area contributed by atoms with E-state index in [9.17, 15) is 0 Å². The molecule has 8 N–H and O–H groups in total. The van der Waals surface area contributed by atoms with Crippen molar-refractivity contribution in [1.29, 1.82) is 0 Å². The molecule has 2 fully saturated rings. The van der Waals surface area contributed by atoms with Crippen LogP contribution >= 0.6 is 0 Å². The first-order valence-corrected chi connectivity index (χ1v) is 8.06. The Morgan fingerprint density at radius 2 is 1.24 bits per heavy atom. The van der Waals surface area contributed by atoms with Gasteiger partial charge >= 0.3 is 0 Å². The second-order valence-corrected chi connectivity index (χ2v) is 5.46. The van der Waals surface area contributed by atoms with Crippen molar-refractivity contribution in [2.24, 2.45) is 11.5 Å². The summed E-state index contributed by atoms with van der Waals surface area (Å²) in [5.41, 5.74) is 10.5. The Morgan fingerprint density at radius 3 is 1.52 bits per heavy atom. The van der Waals surface area contributed by atoms with E-state index < -0.39 is 0 Å². The molecular weight excluding hydrogens is 268 g/mol. The zero-order valence-corrected chi connectivity index (χ0v) is 13.8. The van der Waals surface area contributed by atoms with Crippen LogP contribution in [0.3, 0.4) is 0 Å². The molecule has 0 aromatic heterocycles. The summed E-state index contributed by atoms with van der Waals surface area (Å²) in [6.07, 6.45) is -0.338. The van der Waals surface area contributed by atoms with Crippen LogP contribution in [0.1, 0.15) is 13.8 Å². The van der Waals surface area contributed by atoms with Gasteiger partial charge in [0.05, 0.1) is 6.10 Å². The van der Waals surface area contributed by atoms with Gasteiger partial charge in [-0.2, -0.15) is 0 Å². The Morgan fingerprint density at radius 1 is 0.857 bits per heavy atom. The predicted octanol–water partition coefficient (Wildman–Crippen LogP) is -2.26. The van der Waals surface area contributed by atoms with E-state index in [4.69, 9.17) is 16.6 Å². The molecule has 2 aliphatic heterocycles. The molecule has 2 aliphatic rings. The molecule has 0 aromatic carbocycles. The average Bonchev–Trinajstić information content (AvgIpc) is 2.57. The number of aliphatic hydroxyl groups excluding tert-OH is 1. The third-order valence-electron chi connectivity index (χ3n) is 3.41. The SMILES string of the molecule is C1CNCCN1.CC(CN)N1CCNCC1.CC(O)CN. The van der Waals surface area contributed by atoms with Crippen LogP contribution < -0.4 is 27.4 Å². The lowest BCUT2D eigenvalue weighted by Crippen LogP contribution is -2.49. The first-order valence-electron chi connectivity index (χ1n) is 8.06. The van der Waals surface area contributed by atoms with Gasteiger partial charge in [-0.3, -0.25) is 4.90 Å².